The molecule has 1 heterocycles. The van der Waals surface area contributed by atoms with E-state index < -0.39 is 0 Å². The highest BCUT2D eigenvalue weighted by molar-refractivity contribution is 6.33. The van der Waals surface area contributed by atoms with Crippen LogP contribution in [-0.2, 0) is 6.42 Å². The number of rotatable bonds is 4. The molecule has 0 aliphatic carbocycles. The molecular formula is C18H18ClN3O. The van der Waals surface area contributed by atoms with Gasteiger partial charge < -0.3 is 15.6 Å². The smallest absolute Gasteiger partial charge is 0.319 e. The predicted octanol–water partition coefficient (Wildman–Crippen LogP) is 4.49. The van der Waals surface area contributed by atoms with Crippen molar-refractivity contribution in [2.75, 3.05) is 11.9 Å². The van der Waals surface area contributed by atoms with Gasteiger partial charge in [0.1, 0.15) is 0 Å². The molecule has 0 saturated heterocycles. The fourth-order valence-corrected chi connectivity index (χ4v) is 2.87. The second-order valence-electron chi connectivity index (χ2n) is 5.42. The van der Waals surface area contributed by atoms with Gasteiger partial charge in [0, 0.05) is 23.6 Å². The van der Waals surface area contributed by atoms with Gasteiger partial charge in [-0.25, -0.2) is 4.79 Å². The van der Waals surface area contributed by atoms with Gasteiger partial charge in [-0.1, -0.05) is 41.9 Å². The highest BCUT2D eigenvalue weighted by atomic mass is 35.5. The Morgan fingerprint density at radius 1 is 1.17 bits per heavy atom. The number of H-pyrrole nitrogens is 1. The molecule has 0 unspecified atom stereocenters. The lowest BCUT2D eigenvalue weighted by Gasteiger charge is -2.11. The maximum atomic E-state index is 12.0. The topological polar surface area (TPSA) is 56.9 Å². The van der Waals surface area contributed by atoms with Crippen LogP contribution in [0, 0.1) is 6.92 Å². The van der Waals surface area contributed by atoms with Gasteiger partial charge in [-0.15, -0.1) is 0 Å². The number of halogens is 1. The van der Waals surface area contributed by atoms with E-state index >= 15 is 0 Å². The van der Waals surface area contributed by atoms with Gasteiger partial charge in [0.25, 0.3) is 0 Å². The number of carbonyl (C=O) groups is 1. The molecule has 0 bridgehead atoms. The summed E-state index contributed by atoms with van der Waals surface area (Å²) in [5.74, 6) is 0. The van der Waals surface area contributed by atoms with Gasteiger partial charge in [-0.05, 0) is 36.6 Å². The van der Waals surface area contributed by atoms with E-state index in [-0.39, 0.29) is 6.03 Å². The first kappa shape index (κ1) is 15.4. The van der Waals surface area contributed by atoms with Crippen molar-refractivity contribution in [1.82, 2.24) is 10.3 Å². The summed E-state index contributed by atoms with van der Waals surface area (Å²) in [6.45, 7) is 2.46. The number of carbonyl (C=O) groups excluding carboxylic acids is 1. The fraction of sp³-hybridized carbons (Fsp3) is 0.167. The van der Waals surface area contributed by atoms with Gasteiger partial charge in [0.05, 0.1) is 10.7 Å². The monoisotopic (exact) mass is 327 g/mol. The van der Waals surface area contributed by atoms with E-state index in [1.54, 1.807) is 6.07 Å². The third-order valence-corrected chi connectivity index (χ3v) is 4.13. The summed E-state index contributed by atoms with van der Waals surface area (Å²) in [4.78, 5) is 15.3. The summed E-state index contributed by atoms with van der Waals surface area (Å²) in [7, 11) is 0. The van der Waals surface area contributed by atoms with Crippen LogP contribution in [-0.4, -0.2) is 17.6 Å². The summed E-state index contributed by atoms with van der Waals surface area (Å²) in [5.41, 5.74) is 3.89. The quantitative estimate of drug-likeness (QED) is 0.649. The molecule has 1 aromatic heterocycles. The first-order chi connectivity index (χ1) is 11.1. The lowest BCUT2D eigenvalue weighted by atomic mass is 10.1. The van der Waals surface area contributed by atoms with E-state index in [4.69, 9.17) is 11.6 Å². The zero-order valence-corrected chi connectivity index (χ0v) is 13.6. The van der Waals surface area contributed by atoms with E-state index in [9.17, 15) is 4.79 Å². The first-order valence-corrected chi connectivity index (χ1v) is 7.88. The number of aromatic nitrogens is 1. The standard InChI is InChI=1S/C18H18ClN3O/c1-12-5-4-7-15(19)17(12)22-18(23)20-10-9-13-11-21-16-8-3-2-6-14(13)16/h2-8,11,21H,9-10H2,1H3,(H2,20,22,23). The summed E-state index contributed by atoms with van der Waals surface area (Å²) < 4.78 is 0. The van der Waals surface area contributed by atoms with Crippen LogP contribution in [0.2, 0.25) is 5.02 Å². The molecule has 0 saturated carbocycles. The number of hydrogen-bond donors (Lipinski definition) is 3. The molecule has 0 radical (unpaired) electrons. The number of nitrogens with one attached hydrogen (secondary N) is 3. The van der Waals surface area contributed by atoms with Crippen molar-refractivity contribution in [3.63, 3.8) is 0 Å². The highest BCUT2D eigenvalue weighted by Gasteiger charge is 2.08. The van der Waals surface area contributed by atoms with E-state index in [0.717, 1.165) is 17.5 Å². The number of aromatic amines is 1. The fourth-order valence-electron chi connectivity index (χ4n) is 2.60. The molecule has 0 spiro atoms. The molecule has 3 rings (SSSR count). The van der Waals surface area contributed by atoms with Crippen molar-refractivity contribution in [2.45, 2.75) is 13.3 Å². The number of para-hydroxylation sites is 2. The van der Waals surface area contributed by atoms with Crippen LogP contribution in [0.25, 0.3) is 10.9 Å². The molecule has 0 aliphatic rings. The normalized spacial score (nSPS) is 10.7. The van der Waals surface area contributed by atoms with Crippen molar-refractivity contribution >= 4 is 34.2 Å². The van der Waals surface area contributed by atoms with Crippen LogP contribution in [0.4, 0.5) is 10.5 Å². The Balaban J connectivity index is 1.57. The van der Waals surface area contributed by atoms with Gasteiger partial charge in [-0.2, -0.15) is 0 Å². The molecule has 0 fully saturated rings. The number of hydrogen-bond acceptors (Lipinski definition) is 1. The van der Waals surface area contributed by atoms with E-state index in [1.165, 1.54) is 10.9 Å². The molecule has 23 heavy (non-hydrogen) atoms. The Morgan fingerprint density at radius 2 is 2.00 bits per heavy atom. The van der Waals surface area contributed by atoms with Crippen LogP contribution in [0.15, 0.2) is 48.7 Å². The number of urea groups is 1. The third kappa shape index (κ3) is 3.48. The molecule has 5 heteroatoms. The number of amides is 2. The minimum absolute atomic E-state index is 0.249. The summed E-state index contributed by atoms with van der Waals surface area (Å²) in [6, 6.07) is 13.4. The number of anilines is 1. The highest BCUT2D eigenvalue weighted by Crippen LogP contribution is 2.25. The zero-order valence-electron chi connectivity index (χ0n) is 12.8. The predicted molar refractivity (Wildman–Crippen MR) is 95.2 cm³/mol. The van der Waals surface area contributed by atoms with E-state index in [0.29, 0.717) is 17.3 Å². The molecule has 4 nitrogen and oxygen atoms in total. The first-order valence-electron chi connectivity index (χ1n) is 7.50. The molecule has 2 amide bonds. The lowest BCUT2D eigenvalue weighted by molar-refractivity contribution is 0.252. The van der Waals surface area contributed by atoms with Gasteiger partial charge in [0.2, 0.25) is 0 Å². The van der Waals surface area contributed by atoms with E-state index in [2.05, 4.69) is 21.7 Å². The van der Waals surface area contributed by atoms with Crippen molar-refractivity contribution < 1.29 is 4.79 Å². The van der Waals surface area contributed by atoms with Crippen molar-refractivity contribution in [2.24, 2.45) is 0 Å². The Bertz CT molecular complexity index is 821. The number of benzene rings is 2. The summed E-state index contributed by atoms with van der Waals surface area (Å²) >= 11 is 6.11. The molecule has 118 valence electrons. The van der Waals surface area contributed by atoms with Crippen LogP contribution in [0.5, 0.6) is 0 Å². The van der Waals surface area contributed by atoms with Crippen LogP contribution >= 0.6 is 11.6 Å². The summed E-state index contributed by atoms with van der Waals surface area (Å²) in [5, 5.41) is 7.40. The minimum Gasteiger partial charge on any atom is -0.361 e. The largest absolute Gasteiger partial charge is 0.361 e. The Hall–Kier alpha value is -2.46. The Morgan fingerprint density at radius 3 is 2.83 bits per heavy atom. The third-order valence-electron chi connectivity index (χ3n) is 3.82. The van der Waals surface area contributed by atoms with Crippen molar-refractivity contribution in [3.05, 3.63) is 64.8 Å². The SMILES string of the molecule is Cc1cccc(Cl)c1NC(=O)NCCc1c[nH]c2ccccc12. The minimum atomic E-state index is -0.249. The van der Waals surface area contributed by atoms with Gasteiger partial charge >= 0.3 is 6.03 Å². The zero-order chi connectivity index (χ0) is 16.2. The Kier molecular flexibility index (Phi) is 4.53. The second-order valence-corrected chi connectivity index (χ2v) is 5.83. The average molecular weight is 328 g/mol. The molecule has 0 atom stereocenters. The molecule has 3 N–H and O–H groups in total. The van der Waals surface area contributed by atoms with Crippen LogP contribution < -0.4 is 10.6 Å². The van der Waals surface area contributed by atoms with Crippen molar-refractivity contribution in [1.29, 1.82) is 0 Å². The van der Waals surface area contributed by atoms with Crippen LogP contribution in [0.3, 0.4) is 0 Å². The average Bonchev–Trinajstić information content (AvgIpc) is 2.95. The second kappa shape index (κ2) is 6.75. The van der Waals surface area contributed by atoms with Crippen molar-refractivity contribution in [3.8, 4) is 0 Å². The molecule has 0 aliphatic heterocycles. The Labute approximate surface area is 139 Å². The lowest BCUT2D eigenvalue weighted by Crippen LogP contribution is -2.30. The molecule has 2 aromatic carbocycles. The molecular weight excluding hydrogens is 310 g/mol. The van der Waals surface area contributed by atoms with E-state index in [1.807, 2.05) is 43.5 Å². The van der Waals surface area contributed by atoms with Gasteiger partial charge in [0.15, 0.2) is 0 Å². The molecule has 3 aromatic rings. The maximum absolute atomic E-state index is 12.0. The maximum Gasteiger partial charge on any atom is 0.319 e. The van der Waals surface area contributed by atoms with Gasteiger partial charge in [-0.3, -0.25) is 0 Å². The number of aryl methyl sites for hydroxylation is 1. The number of fused-ring (bicyclic) bond motifs is 1. The van der Waals surface area contributed by atoms with Crippen LogP contribution in [0.1, 0.15) is 11.1 Å². The summed E-state index contributed by atoms with van der Waals surface area (Å²) in [6.07, 6.45) is 2.75.